The molecule has 3 aromatic rings. The fraction of sp³-hybridized carbons (Fsp3) is 0.0357. The third kappa shape index (κ3) is 5.14. The van der Waals surface area contributed by atoms with Crippen LogP contribution in [0.1, 0.15) is 12.7 Å². The minimum absolute atomic E-state index is 0.127. The SMILES string of the molecule is C=C/C=C\C=C(/C)C1=C/C(=C\c2ccc(-c3cc(Cl)ccc3Cl)o2)C(=O)N1c1ccccc1I. The van der Waals surface area contributed by atoms with Crippen molar-refractivity contribution in [2.75, 3.05) is 4.90 Å². The molecule has 1 aliphatic heterocycles. The molecule has 1 aromatic heterocycles. The molecule has 0 spiro atoms. The summed E-state index contributed by atoms with van der Waals surface area (Å²) in [6.45, 7) is 5.68. The lowest BCUT2D eigenvalue weighted by Gasteiger charge is -2.22. The van der Waals surface area contributed by atoms with Crippen molar-refractivity contribution in [3.05, 3.63) is 128 Å². The molecule has 0 radical (unpaired) electrons. The smallest absolute Gasteiger partial charge is 0.263 e. The number of carbonyl (C=O) groups excluding carboxylic acids is 1. The number of amides is 1. The zero-order valence-electron chi connectivity index (χ0n) is 18.3. The lowest BCUT2D eigenvalue weighted by molar-refractivity contribution is -0.113. The summed E-state index contributed by atoms with van der Waals surface area (Å²) in [5.74, 6) is 0.996. The highest BCUT2D eigenvalue weighted by molar-refractivity contribution is 14.1. The largest absolute Gasteiger partial charge is 0.457 e. The molecule has 2 heterocycles. The third-order valence-electron chi connectivity index (χ3n) is 5.19. The first-order valence-electron chi connectivity index (χ1n) is 10.4. The topological polar surface area (TPSA) is 33.5 Å². The molecule has 0 N–H and O–H groups in total. The van der Waals surface area contributed by atoms with Crippen molar-refractivity contribution < 1.29 is 9.21 Å². The van der Waals surface area contributed by atoms with Gasteiger partial charge in [0, 0.05) is 19.7 Å². The van der Waals surface area contributed by atoms with Gasteiger partial charge >= 0.3 is 0 Å². The zero-order chi connectivity index (χ0) is 24.2. The molecular formula is C28H20Cl2INO2. The van der Waals surface area contributed by atoms with Crippen LogP contribution >= 0.6 is 45.8 Å². The van der Waals surface area contributed by atoms with Gasteiger partial charge in [-0.15, -0.1) is 0 Å². The number of allylic oxidation sites excluding steroid dienone is 5. The second-order valence-electron chi connectivity index (χ2n) is 7.52. The van der Waals surface area contributed by atoms with Crippen LogP contribution in [0.15, 0.2) is 113 Å². The molecule has 0 unspecified atom stereocenters. The lowest BCUT2D eigenvalue weighted by Crippen LogP contribution is -2.26. The molecule has 6 heteroatoms. The molecule has 1 aliphatic rings. The fourth-order valence-corrected chi connectivity index (χ4v) is 4.57. The first-order valence-corrected chi connectivity index (χ1v) is 12.3. The van der Waals surface area contributed by atoms with Gasteiger partial charge in [0.25, 0.3) is 5.91 Å². The van der Waals surface area contributed by atoms with Crippen LogP contribution in [0.3, 0.4) is 0 Å². The van der Waals surface area contributed by atoms with Gasteiger partial charge in [-0.25, -0.2) is 0 Å². The van der Waals surface area contributed by atoms with Crippen molar-refractivity contribution in [1.82, 2.24) is 0 Å². The van der Waals surface area contributed by atoms with E-state index in [2.05, 4.69) is 29.2 Å². The number of hydrogen-bond donors (Lipinski definition) is 0. The molecule has 170 valence electrons. The van der Waals surface area contributed by atoms with Gasteiger partial charge in [0.2, 0.25) is 0 Å². The third-order valence-corrected chi connectivity index (χ3v) is 6.67. The number of anilines is 1. The van der Waals surface area contributed by atoms with Crippen LogP contribution in [0.2, 0.25) is 10.0 Å². The Bertz CT molecular complexity index is 1390. The van der Waals surface area contributed by atoms with Crippen LogP contribution in [0.4, 0.5) is 5.69 Å². The van der Waals surface area contributed by atoms with Crippen LogP contribution in [0, 0.1) is 3.57 Å². The molecule has 0 aliphatic carbocycles. The summed E-state index contributed by atoms with van der Waals surface area (Å²) in [6, 6.07) is 16.6. The highest BCUT2D eigenvalue weighted by Gasteiger charge is 2.31. The Morgan fingerprint density at radius 1 is 1.09 bits per heavy atom. The summed E-state index contributed by atoms with van der Waals surface area (Å²) in [5, 5.41) is 1.10. The van der Waals surface area contributed by atoms with E-state index in [1.165, 1.54) is 0 Å². The average molecular weight is 600 g/mol. The van der Waals surface area contributed by atoms with Gasteiger partial charge in [-0.1, -0.05) is 66.2 Å². The molecule has 0 saturated carbocycles. The predicted octanol–water partition coefficient (Wildman–Crippen LogP) is 8.86. The summed E-state index contributed by atoms with van der Waals surface area (Å²) in [6.07, 6.45) is 11.0. The Balaban J connectivity index is 1.75. The van der Waals surface area contributed by atoms with E-state index in [0.717, 1.165) is 20.5 Å². The highest BCUT2D eigenvalue weighted by atomic mass is 127. The monoisotopic (exact) mass is 599 g/mol. The number of halogens is 3. The summed E-state index contributed by atoms with van der Waals surface area (Å²) in [4.78, 5) is 15.3. The van der Waals surface area contributed by atoms with E-state index >= 15 is 0 Å². The van der Waals surface area contributed by atoms with Gasteiger partial charge < -0.3 is 4.42 Å². The molecule has 0 saturated heterocycles. The number of nitrogens with zero attached hydrogens (tertiary/aromatic N) is 1. The average Bonchev–Trinajstić information content (AvgIpc) is 3.41. The van der Waals surface area contributed by atoms with E-state index in [1.54, 1.807) is 35.3 Å². The number of para-hydroxylation sites is 1. The molecule has 2 aromatic carbocycles. The molecule has 4 rings (SSSR count). The quantitative estimate of drug-likeness (QED) is 0.161. The van der Waals surface area contributed by atoms with Gasteiger partial charge in [-0.3, -0.25) is 9.69 Å². The summed E-state index contributed by atoms with van der Waals surface area (Å²) in [7, 11) is 0. The Hall–Kier alpha value is -2.80. The number of carbonyl (C=O) groups is 1. The highest BCUT2D eigenvalue weighted by Crippen LogP contribution is 2.37. The first-order chi connectivity index (χ1) is 16.4. The minimum Gasteiger partial charge on any atom is -0.457 e. The Labute approximate surface area is 222 Å². The number of furan rings is 1. The van der Waals surface area contributed by atoms with Gasteiger partial charge in [-0.2, -0.15) is 0 Å². The maximum Gasteiger partial charge on any atom is 0.263 e. The van der Waals surface area contributed by atoms with Gasteiger partial charge in [0.1, 0.15) is 11.5 Å². The zero-order valence-corrected chi connectivity index (χ0v) is 21.9. The van der Waals surface area contributed by atoms with Crippen LogP contribution in [0.5, 0.6) is 0 Å². The molecule has 1 amide bonds. The standard InChI is InChI=1S/C28H20Cl2INO2/c1-3-4-5-8-18(2)26-16-19(28(33)32(26)25-10-7-6-9-24(25)31)15-21-12-14-27(34-21)22-17-20(29)11-13-23(22)30/h3-17H,1H2,2H3/b5-4-,18-8+,19-15+. The van der Waals surface area contributed by atoms with Crippen LogP contribution < -0.4 is 4.90 Å². The number of rotatable bonds is 6. The molecule has 0 bridgehead atoms. The van der Waals surface area contributed by atoms with Crippen molar-refractivity contribution in [2.24, 2.45) is 0 Å². The van der Waals surface area contributed by atoms with E-state index in [4.69, 9.17) is 27.6 Å². The second kappa shape index (κ2) is 10.6. The summed E-state index contributed by atoms with van der Waals surface area (Å²) >= 11 is 14.7. The fourth-order valence-electron chi connectivity index (χ4n) is 3.56. The van der Waals surface area contributed by atoms with E-state index < -0.39 is 0 Å². The van der Waals surface area contributed by atoms with Crippen molar-refractivity contribution in [1.29, 1.82) is 0 Å². The first kappa shape index (κ1) is 24.3. The van der Waals surface area contributed by atoms with E-state index in [1.807, 2.05) is 67.6 Å². The van der Waals surface area contributed by atoms with Gasteiger partial charge in [0.05, 0.1) is 16.4 Å². The van der Waals surface area contributed by atoms with Gasteiger partial charge in [0.15, 0.2) is 0 Å². The van der Waals surface area contributed by atoms with Crippen LogP contribution in [0.25, 0.3) is 17.4 Å². The lowest BCUT2D eigenvalue weighted by atomic mass is 10.1. The Morgan fingerprint density at radius 3 is 2.65 bits per heavy atom. The van der Waals surface area contributed by atoms with Crippen molar-refractivity contribution in [2.45, 2.75) is 6.92 Å². The van der Waals surface area contributed by atoms with Crippen molar-refractivity contribution in [3.8, 4) is 11.3 Å². The van der Waals surface area contributed by atoms with E-state index in [0.29, 0.717) is 32.7 Å². The number of benzene rings is 2. The summed E-state index contributed by atoms with van der Waals surface area (Å²) < 4.78 is 6.98. The van der Waals surface area contributed by atoms with Gasteiger partial charge in [-0.05, 0) is 89.7 Å². The molecular weight excluding hydrogens is 580 g/mol. The van der Waals surface area contributed by atoms with E-state index in [9.17, 15) is 4.79 Å². The molecule has 0 atom stereocenters. The second-order valence-corrected chi connectivity index (χ2v) is 9.52. The summed E-state index contributed by atoms with van der Waals surface area (Å²) in [5.41, 5.74) is 3.79. The Morgan fingerprint density at radius 2 is 1.88 bits per heavy atom. The number of hydrogen-bond acceptors (Lipinski definition) is 2. The van der Waals surface area contributed by atoms with Crippen molar-refractivity contribution >= 4 is 63.5 Å². The Kier molecular flexibility index (Phi) is 7.61. The van der Waals surface area contributed by atoms with E-state index in [-0.39, 0.29) is 5.91 Å². The molecule has 0 fully saturated rings. The molecule has 34 heavy (non-hydrogen) atoms. The van der Waals surface area contributed by atoms with Crippen LogP contribution in [-0.4, -0.2) is 5.91 Å². The maximum absolute atomic E-state index is 13.5. The van der Waals surface area contributed by atoms with Crippen LogP contribution in [-0.2, 0) is 4.79 Å². The minimum atomic E-state index is -0.127. The molecule has 3 nitrogen and oxygen atoms in total. The maximum atomic E-state index is 13.5. The predicted molar refractivity (Wildman–Crippen MR) is 150 cm³/mol. The normalized spacial score (nSPS) is 15.5. The van der Waals surface area contributed by atoms with Crippen molar-refractivity contribution in [3.63, 3.8) is 0 Å².